The molecule has 0 radical (unpaired) electrons. The smallest absolute Gasteiger partial charge is 0.320 e. The second-order valence-electron chi connectivity index (χ2n) is 1.93. The van der Waals surface area contributed by atoms with Crippen LogP contribution < -0.4 is 5.73 Å². The molecule has 0 aliphatic carbocycles. The lowest BCUT2D eigenvalue weighted by Crippen LogP contribution is -2.30. The van der Waals surface area contributed by atoms with Crippen molar-refractivity contribution in [3.05, 3.63) is 0 Å². The van der Waals surface area contributed by atoms with Gasteiger partial charge in [0.2, 0.25) is 0 Å². The Labute approximate surface area is 77.1 Å². The average Bonchev–Trinajstić information content (AvgIpc) is 1.88. The number of carboxylic acids is 1. The van der Waals surface area contributed by atoms with Crippen molar-refractivity contribution in [3.63, 3.8) is 0 Å². The molecule has 3 nitrogen and oxygen atoms in total. The molecule has 0 aliphatic heterocycles. The Morgan fingerprint density at radius 2 is 2.27 bits per heavy atom. The van der Waals surface area contributed by atoms with Crippen molar-refractivity contribution in [1.82, 2.24) is 0 Å². The van der Waals surface area contributed by atoms with Crippen LogP contribution in [0.2, 0.25) is 0 Å². The molecule has 0 aromatic carbocycles. The van der Waals surface area contributed by atoms with Crippen molar-refractivity contribution in [2.75, 3.05) is 11.5 Å². The monoisotopic (exact) mass is 199 g/mol. The highest BCUT2D eigenvalue weighted by molar-refractivity contribution is 7.99. The maximum absolute atomic E-state index is 10.2. The maximum Gasteiger partial charge on any atom is 0.320 e. The summed E-state index contributed by atoms with van der Waals surface area (Å²) in [6, 6.07) is -0.681. The lowest BCUT2D eigenvalue weighted by Gasteiger charge is -2.03. The van der Waals surface area contributed by atoms with Crippen LogP contribution in [0.5, 0.6) is 0 Å². The summed E-state index contributed by atoms with van der Waals surface area (Å²) in [5.41, 5.74) is 5.24. The summed E-state index contributed by atoms with van der Waals surface area (Å²) in [5, 5.41) is 8.35. The zero-order chi connectivity index (χ0) is 7.98. The molecule has 0 aromatic rings. The molecular formula is C6H14ClNO2S. The zero-order valence-corrected chi connectivity index (χ0v) is 8.08. The molecule has 1 atom stereocenters. The van der Waals surface area contributed by atoms with Crippen LogP contribution in [-0.2, 0) is 4.79 Å². The van der Waals surface area contributed by atoms with E-state index in [0.717, 1.165) is 11.5 Å². The summed E-state index contributed by atoms with van der Waals surface area (Å²) < 4.78 is 0. The third kappa shape index (κ3) is 7.97. The summed E-state index contributed by atoms with van der Waals surface area (Å²) in [5.74, 6) is 0.952. The largest absolute Gasteiger partial charge is 0.480 e. The van der Waals surface area contributed by atoms with Gasteiger partial charge in [-0.05, 0) is 17.9 Å². The lowest BCUT2D eigenvalue weighted by molar-refractivity contribution is -0.138. The fraction of sp³-hybridized carbons (Fsp3) is 0.833. The van der Waals surface area contributed by atoms with Crippen LogP contribution in [0.25, 0.3) is 0 Å². The molecule has 0 heterocycles. The van der Waals surface area contributed by atoms with Gasteiger partial charge in [-0.1, -0.05) is 6.92 Å². The highest BCUT2D eigenvalue weighted by Crippen LogP contribution is 2.02. The summed E-state index contributed by atoms with van der Waals surface area (Å²) >= 11 is 1.71. The van der Waals surface area contributed by atoms with Gasteiger partial charge in [-0.3, -0.25) is 4.79 Å². The summed E-state index contributed by atoms with van der Waals surface area (Å²) in [4.78, 5) is 10.2. The minimum Gasteiger partial charge on any atom is -0.480 e. The average molecular weight is 200 g/mol. The van der Waals surface area contributed by atoms with Crippen LogP contribution in [-0.4, -0.2) is 28.6 Å². The third-order valence-corrected chi connectivity index (χ3v) is 2.03. The van der Waals surface area contributed by atoms with Gasteiger partial charge in [-0.2, -0.15) is 11.8 Å². The molecule has 3 N–H and O–H groups in total. The standard InChI is InChI=1S/C6H13NO2S.ClH/c1-2-10-4-3-5(7)6(8)9;/h5H,2-4,7H2,1H3,(H,8,9);1H. The van der Waals surface area contributed by atoms with Gasteiger partial charge < -0.3 is 10.8 Å². The number of rotatable bonds is 5. The first kappa shape index (κ1) is 13.6. The van der Waals surface area contributed by atoms with Crippen LogP contribution in [0, 0.1) is 0 Å². The predicted molar refractivity (Wildman–Crippen MR) is 50.5 cm³/mol. The SMILES string of the molecule is CCSCCC(N)C(=O)O.Cl. The van der Waals surface area contributed by atoms with E-state index in [-0.39, 0.29) is 12.4 Å². The van der Waals surface area contributed by atoms with Crippen molar-refractivity contribution < 1.29 is 9.90 Å². The quantitative estimate of drug-likeness (QED) is 0.648. The molecule has 5 heteroatoms. The van der Waals surface area contributed by atoms with Crippen molar-refractivity contribution in [3.8, 4) is 0 Å². The van der Waals surface area contributed by atoms with Crippen molar-refractivity contribution >= 4 is 30.1 Å². The molecule has 0 fully saturated rings. The topological polar surface area (TPSA) is 63.3 Å². The highest BCUT2D eigenvalue weighted by Gasteiger charge is 2.09. The molecule has 11 heavy (non-hydrogen) atoms. The molecule has 0 bridgehead atoms. The van der Waals surface area contributed by atoms with Crippen LogP contribution in [0.15, 0.2) is 0 Å². The van der Waals surface area contributed by atoms with Gasteiger partial charge in [-0.15, -0.1) is 12.4 Å². The second kappa shape index (κ2) is 8.17. The first-order chi connectivity index (χ1) is 4.68. The molecule has 0 aliphatic rings. The van der Waals surface area contributed by atoms with E-state index in [1.165, 1.54) is 0 Å². The van der Waals surface area contributed by atoms with Gasteiger partial charge in [0.15, 0.2) is 0 Å². The van der Waals surface area contributed by atoms with Gasteiger partial charge in [0.05, 0.1) is 0 Å². The first-order valence-electron chi connectivity index (χ1n) is 3.24. The van der Waals surface area contributed by atoms with E-state index >= 15 is 0 Å². The number of carbonyl (C=O) groups is 1. The third-order valence-electron chi connectivity index (χ3n) is 1.09. The lowest BCUT2D eigenvalue weighted by atomic mass is 10.2. The Balaban J connectivity index is 0. The van der Waals surface area contributed by atoms with Gasteiger partial charge >= 0.3 is 5.97 Å². The Hall–Kier alpha value is 0.0700. The Morgan fingerprint density at radius 1 is 1.73 bits per heavy atom. The zero-order valence-electron chi connectivity index (χ0n) is 6.45. The molecule has 68 valence electrons. The number of nitrogens with two attached hydrogens (primary N) is 1. The Morgan fingerprint density at radius 3 is 2.64 bits per heavy atom. The molecule has 0 aromatic heterocycles. The van der Waals surface area contributed by atoms with Crippen molar-refractivity contribution in [2.24, 2.45) is 5.73 Å². The number of hydrogen-bond donors (Lipinski definition) is 2. The van der Waals surface area contributed by atoms with E-state index in [1.54, 1.807) is 11.8 Å². The fourth-order valence-electron chi connectivity index (χ4n) is 0.478. The van der Waals surface area contributed by atoms with E-state index in [0.29, 0.717) is 6.42 Å². The van der Waals surface area contributed by atoms with Crippen LogP contribution in [0.3, 0.4) is 0 Å². The van der Waals surface area contributed by atoms with Crippen molar-refractivity contribution in [1.29, 1.82) is 0 Å². The molecule has 0 saturated carbocycles. The van der Waals surface area contributed by atoms with E-state index in [9.17, 15) is 4.79 Å². The molecule has 0 amide bonds. The maximum atomic E-state index is 10.2. The van der Waals surface area contributed by atoms with E-state index in [1.807, 2.05) is 6.92 Å². The fourth-order valence-corrected chi connectivity index (χ4v) is 1.19. The van der Waals surface area contributed by atoms with Crippen LogP contribution in [0.1, 0.15) is 13.3 Å². The molecule has 0 rings (SSSR count). The Bertz CT molecular complexity index is 113. The molecule has 0 spiro atoms. The predicted octanol–water partition coefficient (Wildman–Crippen LogP) is 0.963. The van der Waals surface area contributed by atoms with Gasteiger partial charge in [0.25, 0.3) is 0 Å². The van der Waals surface area contributed by atoms with Crippen LogP contribution in [0.4, 0.5) is 0 Å². The van der Waals surface area contributed by atoms with E-state index in [4.69, 9.17) is 10.8 Å². The first-order valence-corrected chi connectivity index (χ1v) is 4.40. The van der Waals surface area contributed by atoms with Gasteiger partial charge in [-0.25, -0.2) is 0 Å². The number of aliphatic carboxylic acids is 1. The Kier molecular flexibility index (Phi) is 10.1. The molecular weight excluding hydrogens is 186 g/mol. The van der Waals surface area contributed by atoms with E-state index in [2.05, 4.69) is 0 Å². The minimum atomic E-state index is -0.906. The number of halogens is 1. The summed E-state index contributed by atoms with van der Waals surface area (Å²) in [7, 11) is 0. The normalized spacial score (nSPS) is 11.8. The van der Waals surface area contributed by atoms with Crippen LogP contribution >= 0.6 is 24.2 Å². The van der Waals surface area contributed by atoms with Crippen molar-refractivity contribution in [2.45, 2.75) is 19.4 Å². The molecule has 1 unspecified atom stereocenters. The molecule has 0 saturated heterocycles. The minimum absolute atomic E-state index is 0. The second-order valence-corrected chi connectivity index (χ2v) is 3.32. The summed E-state index contributed by atoms with van der Waals surface area (Å²) in [6.07, 6.45) is 0.563. The van der Waals surface area contributed by atoms with E-state index < -0.39 is 12.0 Å². The van der Waals surface area contributed by atoms with Gasteiger partial charge in [0.1, 0.15) is 6.04 Å². The summed E-state index contributed by atoms with van der Waals surface area (Å²) in [6.45, 7) is 2.04. The number of hydrogen-bond acceptors (Lipinski definition) is 3. The van der Waals surface area contributed by atoms with Gasteiger partial charge in [0, 0.05) is 0 Å². The number of thioether (sulfide) groups is 1. The highest BCUT2D eigenvalue weighted by atomic mass is 35.5. The number of carboxylic acid groups (broad SMARTS) is 1.